The van der Waals surface area contributed by atoms with Crippen LogP contribution in [-0.2, 0) is 4.18 Å². The highest BCUT2D eigenvalue weighted by atomic mass is 33.1. The van der Waals surface area contributed by atoms with Gasteiger partial charge in [0.2, 0.25) is 0 Å². The Hall–Kier alpha value is 0.620. The first-order valence-corrected chi connectivity index (χ1v) is 4.36. The molecule has 1 rings (SSSR count). The molecule has 0 aromatic heterocycles. The maximum absolute atomic E-state index is 4.98. The minimum absolute atomic E-state index is 0.731. The van der Waals surface area contributed by atoms with E-state index in [0.717, 1.165) is 36.7 Å². The Morgan fingerprint density at radius 2 is 2.50 bits per heavy atom. The Labute approximate surface area is 58.4 Å². The number of rotatable bonds is 3. The zero-order valence-corrected chi connectivity index (χ0v) is 6.17. The molecule has 0 aromatic carbocycles. The molecule has 0 radical (unpaired) electrons. The van der Waals surface area contributed by atoms with Crippen LogP contribution in [0.2, 0.25) is 0 Å². The number of thiol groups is 1. The summed E-state index contributed by atoms with van der Waals surface area (Å²) in [7, 11) is 0. The Morgan fingerprint density at radius 1 is 1.75 bits per heavy atom. The molecule has 1 saturated heterocycles. The second-order valence-electron chi connectivity index (χ2n) is 1.88. The second kappa shape index (κ2) is 3.61. The van der Waals surface area contributed by atoms with Crippen molar-refractivity contribution in [1.82, 2.24) is 5.32 Å². The normalized spacial score (nSPS) is 20.6. The van der Waals surface area contributed by atoms with Crippen LogP contribution in [0.25, 0.3) is 0 Å². The fourth-order valence-electron chi connectivity index (χ4n) is 0.593. The fourth-order valence-corrected chi connectivity index (χ4v) is 1.03. The van der Waals surface area contributed by atoms with Gasteiger partial charge in [-0.3, -0.25) is 0 Å². The van der Waals surface area contributed by atoms with Gasteiger partial charge in [0.25, 0.3) is 0 Å². The molecule has 48 valence electrons. The average Bonchev–Trinajstić information content (AvgIpc) is 1.63. The summed E-state index contributed by atoms with van der Waals surface area (Å²) in [6.45, 7) is 3.05. The summed E-state index contributed by atoms with van der Waals surface area (Å²) in [5.41, 5.74) is 0. The smallest absolute Gasteiger partial charge is 0.0676 e. The summed E-state index contributed by atoms with van der Waals surface area (Å²) in [5.74, 6) is 0.731. The standard InChI is InChI=1S/C4H9NOS2/c7-8-6-3-4-1-5-2-4/h4-5,7H,1-3H2. The average molecular weight is 151 g/mol. The molecule has 0 bridgehead atoms. The Morgan fingerprint density at radius 3 is 2.88 bits per heavy atom. The van der Waals surface area contributed by atoms with Crippen molar-refractivity contribution in [3.8, 4) is 0 Å². The van der Waals surface area contributed by atoms with Crippen molar-refractivity contribution in [1.29, 1.82) is 0 Å². The minimum atomic E-state index is 0.731. The van der Waals surface area contributed by atoms with Crippen molar-refractivity contribution in [2.24, 2.45) is 5.92 Å². The molecule has 0 aliphatic carbocycles. The van der Waals surface area contributed by atoms with E-state index in [0.29, 0.717) is 0 Å². The summed E-state index contributed by atoms with van der Waals surface area (Å²) < 4.78 is 4.98. The molecule has 0 spiro atoms. The van der Waals surface area contributed by atoms with Gasteiger partial charge in [0, 0.05) is 19.0 Å². The van der Waals surface area contributed by atoms with Crippen LogP contribution in [0.4, 0.5) is 0 Å². The predicted molar refractivity (Wildman–Crippen MR) is 38.9 cm³/mol. The summed E-state index contributed by atoms with van der Waals surface area (Å²) in [6, 6.07) is 0. The first-order valence-electron chi connectivity index (χ1n) is 2.57. The molecule has 2 nitrogen and oxygen atoms in total. The lowest BCUT2D eigenvalue weighted by Gasteiger charge is -2.25. The molecule has 1 aliphatic heterocycles. The summed E-state index contributed by atoms with van der Waals surface area (Å²) in [6.07, 6.45) is 0. The molecule has 4 heteroatoms. The molecule has 1 heterocycles. The van der Waals surface area contributed by atoms with Gasteiger partial charge in [0.05, 0.1) is 17.7 Å². The van der Waals surface area contributed by atoms with Gasteiger partial charge in [-0.25, -0.2) is 0 Å². The van der Waals surface area contributed by atoms with Crippen molar-refractivity contribution in [2.75, 3.05) is 19.7 Å². The zero-order chi connectivity index (χ0) is 5.82. The SMILES string of the molecule is SSOCC1CNC1. The van der Waals surface area contributed by atoms with E-state index in [1.54, 1.807) is 0 Å². The highest BCUT2D eigenvalue weighted by Crippen LogP contribution is 2.11. The van der Waals surface area contributed by atoms with E-state index in [2.05, 4.69) is 17.0 Å². The zero-order valence-electron chi connectivity index (χ0n) is 4.46. The van der Waals surface area contributed by atoms with Gasteiger partial charge >= 0.3 is 0 Å². The first-order chi connectivity index (χ1) is 3.93. The van der Waals surface area contributed by atoms with Gasteiger partial charge in [-0.2, -0.15) is 0 Å². The van der Waals surface area contributed by atoms with E-state index in [9.17, 15) is 0 Å². The van der Waals surface area contributed by atoms with Crippen LogP contribution in [0.5, 0.6) is 0 Å². The van der Waals surface area contributed by atoms with Gasteiger partial charge in [-0.15, -0.1) is 0 Å². The highest BCUT2D eigenvalue weighted by molar-refractivity contribution is 8.66. The van der Waals surface area contributed by atoms with Crippen molar-refractivity contribution in [2.45, 2.75) is 0 Å². The van der Waals surface area contributed by atoms with Gasteiger partial charge < -0.3 is 9.50 Å². The summed E-state index contributed by atoms with van der Waals surface area (Å²) >= 11 is 4.98. The van der Waals surface area contributed by atoms with Crippen LogP contribution in [-0.4, -0.2) is 19.7 Å². The van der Waals surface area contributed by atoms with Crippen LogP contribution < -0.4 is 5.32 Å². The molecule has 1 N–H and O–H groups in total. The van der Waals surface area contributed by atoms with E-state index in [-0.39, 0.29) is 0 Å². The maximum atomic E-state index is 4.98. The lowest BCUT2D eigenvalue weighted by Crippen LogP contribution is -2.44. The maximum Gasteiger partial charge on any atom is 0.0676 e. The van der Waals surface area contributed by atoms with E-state index < -0.39 is 0 Å². The number of nitrogens with one attached hydrogen (secondary N) is 1. The third kappa shape index (κ3) is 1.85. The van der Waals surface area contributed by atoms with Crippen molar-refractivity contribution in [3.05, 3.63) is 0 Å². The lowest BCUT2D eigenvalue weighted by atomic mass is 10.1. The monoisotopic (exact) mass is 151 g/mol. The van der Waals surface area contributed by atoms with Gasteiger partial charge in [-0.1, -0.05) is 11.7 Å². The van der Waals surface area contributed by atoms with Gasteiger partial charge in [0.1, 0.15) is 0 Å². The number of hydrogen-bond donors (Lipinski definition) is 2. The van der Waals surface area contributed by atoms with E-state index in [1.165, 1.54) is 0 Å². The Kier molecular flexibility index (Phi) is 3.04. The molecule has 0 unspecified atom stereocenters. The van der Waals surface area contributed by atoms with Crippen LogP contribution in [0.15, 0.2) is 0 Å². The Bertz CT molecular complexity index is 67.1. The Balaban J connectivity index is 1.86. The molecule has 8 heavy (non-hydrogen) atoms. The molecule has 1 fully saturated rings. The molecular weight excluding hydrogens is 142 g/mol. The van der Waals surface area contributed by atoms with Crippen LogP contribution >= 0.6 is 22.7 Å². The fraction of sp³-hybridized carbons (Fsp3) is 1.00. The second-order valence-corrected chi connectivity index (χ2v) is 2.72. The van der Waals surface area contributed by atoms with Crippen molar-refractivity contribution < 1.29 is 4.18 Å². The third-order valence-corrected chi connectivity index (χ3v) is 1.78. The highest BCUT2D eigenvalue weighted by Gasteiger charge is 2.15. The molecule has 0 amide bonds. The molecule has 0 aromatic rings. The van der Waals surface area contributed by atoms with Crippen LogP contribution in [0, 0.1) is 5.92 Å². The minimum Gasteiger partial charge on any atom is -0.316 e. The molecule has 0 saturated carbocycles. The van der Waals surface area contributed by atoms with Gasteiger partial charge in [0.15, 0.2) is 0 Å². The lowest BCUT2D eigenvalue weighted by molar-refractivity contribution is 0.226. The quantitative estimate of drug-likeness (QED) is 0.352. The topological polar surface area (TPSA) is 21.3 Å². The van der Waals surface area contributed by atoms with Crippen molar-refractivity contribution in [3.63, 3.8) is 0 Å². The largest absolute Gasteiger partial charge is 0.316 e. The molecule has 1 aliphatic rings. The third-order valence-electron chi connectivity index (χ3n) is 1.22. The van der Waals surface area contributed by atoms with Crippen LogP contribution in [0.3, 0.4) is 0 Å². The number of hydrogen-bond acceptors (Lipinski definition) is 4. The molecule has 0 atom stereocenters. The predicted octanol–water partition coefficient (Wildman–Crippen LogP) is 0.715. The van der Waals surface area contributed by atoms with Crippen molar-refractivity contribution >= 4 is 22.7 Å². The van der Waals surface area contributed by atoms with E-state index >= 15 is 0 Å². The van der Waals surface area contributed by atoms with Crippen LogP contribution in [0.1, 0.15) is 0 Å². The molecular formula is C4H9NOS2. The summed E-state index contributed by atoms with van der Waals surface area (Å²) in [5, 5.41) is 3.16. The van der Waals surface area contributed by atoms with Gasteiger partial charge in [-0.05, 0) is 0 Å². The van der Waals surface area contributed by atoms with E-state index in [1.807, 2.05) is 0 Å². The summed E-state index contributed by atoms with van der Waals surface area (Å²) in [4.78, 5) is 0. The first kappa shape index (κ1) is 6.74. The van der Waals surface area contributed by atoms with E-state index in [4.69, 9.17) is 4.18 Å².